The molecule has 2 amide bonds. The third-order valence-corrected chi connectivity index (χ3v) is 9.31. The molecule has 0 bridgehead atoms. The van der Waals surface area contributed by atoms with Crippen LogP contribution in [0.4, 0.5) is 4.79 Å². The van der Waals surface area contributed by atoms with Crippen molar-refractivity contribution >= 4 is 6.03 Å². The van der Waals surface area contributed by atoms with Crippen LogP contribution in [0, 0.1) is 11.8 Å². The normalized spacial score (nSPS) is 45.3. The van der Waals surface area contributed by atoms with Crippen molar-refractivity contribution in [1.82, 2.24) is 15.7 Å². The van der Waals surface area contributed by atoms with Gasteiger partial charge < -0.3 is 73.9 Å². The molecule has 2 aliphatic carbocycles. The summed E-state index contributed by atoms with van der Waals surface area (Å²) in [6.45, 7) is 0.697. The lowest BCUT2D eigenvalue weighted by Crippen LogP contribution is -2.69. The second-order valence-electron chi connectivity index (χ2n) is 12.5. The molecule has 0 aromatic carbocycles. The van der Waals surface area contributed by atoms with Gasteiger partial charge in [0.05, 0.1) is 43.5 Å². The van der Waals surface area contributed by atoms with Crippen molar-refractivity contribution in [3.8, 4) is 0 Å². The average molecular weight is 621 g/mol. The van der Waals surface area contributed by atoms with Crippen molar-refractivity contribution in [3.63, 3.8) is 0 Å². The Labute approximate surface area is 251 Å². The first-order valence-electron chi connectivity index (χ1n) is 15.3. The summed E-state index contributed by atoms with van der Waals surface area (Å²) in [5.74, 6) is -0.185. The summed E-state index contributed by atoms with van der Waals surface area (Å²) in [6, 6.07) is -3.94. The van der Waals surface area contributed by atoms with Crippen molar-refractivity contribution in [2.24, 2.45) is 40.5 Å². The molecule has 2 saturated carbocycles. The zero-order valence-electron chi connectivity index (χ0n) is 24.4. The number of hydroxylamine groups is 2. The molecule has 4 rings (SSSR count). The van der Waals surface area contributed by atoms with Crippen LogP contribution in [-0.4, -0.2) is 149 Å². The Morgan fingerprint density at radius 1 is 0.953 bits per heavy atom. The van der Waals surface area contributed by atoms with E-state index in [0.717, 1.165) is 25.8 Å². The highest BCUT2D eigenvalue weighted by atomic mass is 16.7. The summed E-state index contributed by atoms with van der Waals surface area (Å²) in [4.78, 5) is 12.7. The minimum absolute atomic E-state index is 0.00469. The molecule has 4 fully saturated rings. The van der Waals surface area contributed by atoms with Gasteiger partial charge in [0.15, 0.2) is 6.29 Å². The second kappa shape index (κ2) is 15.3. The number of urea groups is 1. The number of aliphatic hydroxyl groups excluding tert-OH is 4. The molecular weight excluding hydrogens is 568 g/mol. The molecular formula is C26H52N8O9. The van der Waals surface area contributed by atoms with Crippen LogP contribution in [0.15, 0.2) is 0 Å². The third kappa shape index (κ3) is 8.11. The second-order valence-corrected chi connectivity index (χ2v) is 12.5. The number of carbonyl (C=O) groups excluding carboxylic acids is 1. The molecule has 17 heteroatoms. The summed E-state index contributed by atoms with van der Waals surface area (Å²) in [5, 5.41) is 58.9. The van der Waals surface area contributed by atoms with E-state index in [1.807, 2.05) is 0 Å². The average Bonchev–Trinajstić information content (AvgIpc) is 2.95. The fourth-order valence-electron chi connectivity index (χ4n) is 6.75. The molecule has 17 N–H and O–H groups in total. The standard InChI is InChI=1S/C26H52N8O9/c27-3-4-34(40)26(39)33-16-7-15(30)18(21(37)24(16)43-25-22(38)19(31)20(36)17(10-35)42-25)23-14(29)2-1-13(41-23)9-32-8-11-5-12(28)6-11/h11-25,32,35-38,40H,1-10,27-31H2,(H,33,39)/t11?,12?,13-,14+,15-,16+,17+,18?,19-,20+,21-,22+,23-,24-,25+/m0/s1. The maximum absolute atomic E-state index is 12.7. The fraction of sp³-hybridized carbons (Fsp3) is 0.962. The summed E-state index contributed by atoms with van der Waals surface area (Å²) in [7, 11) is 0. The zero-order valence-corrected chi connectivity index (χ0v) is 24.4. The van der Waals surface area contributed by atoms with E-state index in [-0.39, 0.29) is 31.7 Å². The van der Waals surface area contributed by atoms with E-state index in [9.17, 15) is 30.4 Å². The van der Waals surface area contributed by atoms with Crippen molar-refractivity contribution in [3.05, 3.63) is 0 Å². The zero-order chi connectivity index (χ0) is 31.4. The van der Waals surface area contributed by atoms with E-state index in [0.29, 0.717) is 23.9 Å². The lowest BCUT2D eigenvalue weighted by atomic mass is 9.72. The number of hydrogen-bond acceptors (Lipinski definition) is 15. The van der Waals surface area contributed by atoms with E-state index < -0.39 is 85.6 Å². The van der Waals surface area contributed by atoms with Gasteiger partial charge in [0, 0.05) is 37.1 Å². The Kier molecular flexibility index (Phi) is 12.3. The Morgan fingerprint density at radius 2 is 1.67 bits per heavy atom. The van der Waals surface area contributed by atoms with Gasteiger partial charge in [0.1, 0.15) is 24.4 Å². The summed E-state index contributed by atoms with van der Waals surface area (Å²) < 4.78 is 18.1. The highest BCUT2D eigenvalue weighted by Gasteiger charge is 2.53. The van der Waals surface area contributed by atoms with Crippen LogP contribution in [0.1, 0.15) is 32.1 Å². The van der Waals surface area contributed by atoms with Gasteiger partial charge in [-0.2, -0.15) is 0 Å². The molecule has 1 unspecified atom stereocenters. The first-order chi connectivity index (χ1) is 20.4. The predicted octanol–water partition coefficient (Wildman–Crippen LogP) is -5.22. The van der Waals surface area contributed by atoms with Gasteiger partial charge in [-0.3, -0.25) is 5.21 Å². The highest BCUT2D eigenvalue weighted by molar-refractivity contribution is 5.73. The fourth-order valence-corrected chi connectivity index (χ4v) is 6.75. The Hall–Kier alpha value is -1.29. The molecule has 17 nitrogen and oxygen atoms in total. The van der Waals surface area contributed by atoms with Gasteiger partial charge in [-0.05, 0) is 44.6 Å². The molecule has 250 valence electrons. The van der Waals surface area contributed by atoms with Crippen molar-refractivity contribution < 1.29 is 44.6 Å². The minimum atomic E-state index is -1.53. The number of nitrogens with one attached hydrogen (secondary N) is 2. The van der Waals surface area contributed by atoms with Gasteiger partial charge >= 0.3 is 6.03 Å². The van der Waals surface area contributed by atoms with Crippen LogP contribution in [0.3, 0.4) is 0 Å². The van der Waals surface area contributed by atoms with E-state index >= 15 is 0 Å². The van der Waals surface area contributed by atoms with Gasteiger partial charge in [-0.15, -0.1) is 0 Å². The molecule has 0 aromatic heterocycles. The van der Waals surface area contributed by atoms with Crippen molar-refractivity contribution in [1.29, 1.82) is 0 Å². The number of nitrogens with zero attached hydrogens (tertiary/aromatic N) is 1. The van der Waals surface area contributed by atoms with E-state index in [1.54, 1.807) is 0 Å². The Bertz CT molecular complexity index is 890. The molecule has 2 saturated heterocycles. The van der Waals surface area contributed by atoms with Crippen LogP contribution < -0.4 is 39.3 Å². The molecule has 13 atom stereocenters. The Balaban J connectivity index is 1.50. The maximum Gasteiger partial charge on any atom is 0.341 e. The van der Waals surface area contributed by atoms with E-state index in [1.165, 1.54) is 0 Å². The lowest BCUT2D eigenvalue weighted by molar-refractivity contribution is -0.306. The van der Waals surface area contributed by atoms with Crippen molar-refractivity contribution in [2.75, 3.05) is 32.8 Å². The Morgan fingerprint density at radius 3 is 2.33 bits per heavy atom. The molecule has 2 aliphatic heterocycles. The molecule has 0 aromatic rings. The highest BCUT2D eigenvalue weighted by Crippen LogP contribution is 2.36. The van der Waals surface area contributed by atoms with E-state index in [4.69, 9.17) is 42.9 Å². The summed E-state index contributed by atoms with van der Waals surface area (Å²) in [6.07, 6.45) is -5.51. The molecule has 4 aliphatic rings. The number of nitrogens with two attached hydrogens (primary N) is 5. The first kappa shape index (κ1) is 34.6. The van der Waals surface area contributed by atoms with E-state index in [2.05, 4.69) is 10.6 Å². The molecule has 0 radical (unpaired) electrons. The maximum atomic E-state index is 12.7. The predicted molar refractivity (Wildman–Crippen MR) is 152 cm³/mol. The third-order valence-electron chi connectivity index (χ3n) is 9.31. The van der Waals surface area contributed by atoms with Crippen LogP contribution >= 0.6 is 0 Å². The van der Waals surface area contributed by atoms with Crippen LogP contribution in [0.2, 0.25) is 0 Å². The topological polar surface area (TPSA) is 303 Å². The molecule has 43 heavy (non-hydrogen) atoms. The molecule has 2 heterocycles. The summed E-state index contributed by atoms with van der Waals surface area (Å²) in [5.41, 5.74) is 30.4. The number of ether oxygens (including phenoxy) is 3. The monoisotopic (exact) mass is 620 g/mol. The minimum Gasteiger partial charge on any atom is -0.394 e. The van der Waals surface area contributed by atoms with Crippen molar-refractivity contribution in [2.45, 2.75) is 111 Å². The first-order valence-corrected chi connectivity index (χ1v) is 15.3. The van der Waals surface area contributed by atoms with Crippen LogP contribution in [0.25, 0.3) is 0 Å². The van der Waals surface area contributed by atoms with Gasteiger partial charge in [0.25, 0.3) is 0 Å². The number of aliphatic hydroxyl groups is 4. The smallest absolute Gasteiger partial charge is 0.341 e. The SMILES string of the molecule is NCCN(O)C(=O)N[C@@H]1C[C@H](N)C([C@H]2O[C@H](CNCC3CC(N)C3)CC[C@H]2N)[C@H](O)[C@H]1O[C@H]1O[C@H](CO)[C@@H](O)[C@H](N)[C@H]1O. The number of carbonyl (C=O) groups is 1. The summed E-state index contributed by atoms with van der Waals surface area (Å²) >= 11 is 0. The van der Waals surface area contributed by atoms with Gasteiger partial charge in [-0.1, -0.05) is 0 Å². The number of hydrogen-bond donors (Lipinski definition) is 12. The van der Waals surface area contributed by atoms with Gasteiger partial charge in [-0.25, -0.2) is 9.86 Å². The van der Waals surface area contributed by atoms with Crippen LogP contribution in [0.5, 0.6) is 0 Å². The number of rotatable bonds is 11. The largest absolute Gasteiger partial charge is 0.394 e. The quantitative estimate of drug-likeness (QED) is 0.0758. The lowest BCUT2D eigenvalue weighted by Gasteiger charge is -2.51. The number of amides is 2. The van der Waals surface area contributed by atoms with Crippen LogP contribution in [-0.2, 0) is 14.2 Å². The molecule has 0 spiro atoms. The van der Waals surface area contributed by atoms with Gasteiger partial charge in [0.2, 0.25) is 0 Å².